The molecule has 1 aromatic carbocycles. The van der Waals surface area contributed by atoms with Crippen LogP contribution in [0.3, 0.4) is 0 Å². The number of benzene rings is 1. The van der Waals surface area contributed by atoms with Crippen LogP contribution in [-0.4, -0.2) is 27.0 Å². The second kappa shape index (κ2) is 7.47. The highest BCUT2D eigenvalue weighted by Gasteiger charge is 2.15. The van der Waals surface area contributed by atoms with Crippen molar-refractivity contribution in [3.05, 3.63) is 53.3 Å². The predicted octanol–water partition coefficient (Wildman–Crippen LogP) is 3.47. The summed E-state index contributed by atoms with van der Waals surface area (Å²) in [5, 5.41) is 7.66. The number of aryl methyl sites for hydroxylation is 2. The van der Waals surface area contributed by atoms with E-state index < -0.39 is 0 Å². The predicted molar refractivity (Wildman–Crippen MR) is 99.5 cm³/mol. The molecule has 3 aromatic rings. The molecule has 0 aliphatic rings. The van der Waals surface area contributed by atoms with Gasteiger partial charge in [0.05, 0.1) is 12.1 Å². The highest BCUT2D eigenvalue weighted by Crippen LogP contribution is 2.22. The third-order valence-corrected chi connectivity index (χ3v) is 4.42. The lowest BCUT2D eigenvalue weighted by Crippen LogP contribution is -2.27. The Morgan fingerprint density at radius 3 is 2.68 bits per heavy atom. The maximum Gasteiger partial charge on any atom is 0.224 e. The van der Waals surface area contributed by atoms with E-state index in [1.54, 1.807) is 0 Å². The lowest BCUT2D eigenvalue weighted by molar-refractivity contribution is -0.120. The standard InChI is InChI=1S/C20H24N4O/c1-4-5-11-21-20(25)12-17-14(2)22-19-13-18(23-24(19)15(17)3)16-9-7-6-8-10-16/h6-10,13H,4-5,11-12H2,1-3H3,(H,21,25). The molecular weight excluding hydrogens is 312 g/mol. The summed E-state index contributed by atoms with van der Waals surface area (Å²) >= 11 is 0. The molecule has 0 aliphatic carbocycles. The van der Waals surface area contributed by atoms with Crippen molar-refractivity contribution in [2.24, 2.45) is 0 Å². The van der Waals surface area contributed by atoms with E-state index in [0.29, 0.717) is 6.42 Å². The molecule has 0 radical (unpaired) electrons. The number of hydrogen-bond donors (Lipinski definition) is 1. The van der Waals surface area contributed by atoms with Gasteiger partial charge in [0, 0.05) is 35.1 Å². The van der Waals surface area contributed by atoms with Gasteiger partial charge in [0.15, 0.2) is 5.65 Å². The highest BCUT2D eigenvalue weighted by molar-refractivity contribution is 5.79. The van der Waals surface area contributed by atoms with Gasteiger partial charge in [-0.1, -0.05) is 43.7 Å². The lowest BCUT2D eigenvalue weighted by atomic mass is 10.1. The second-order valence-electron chi connectivity index (χ2n) is 6.31. The number of nitrogens with one attached hydrogen (secondary N) is 1. The van der Waals surface area contributed by atoms with E-state index in [-0.39, 0.29) is 5.91 Å². The van der Waals surface area contributed by atoms with Gasteiger partial charge in [0.1, 0.15) is 0 Å². The van der Waals surface area contributed by atoms with Gasteiger partial charge in [0.2, 0.25) is 5.91 Å². The van der Waals surface area contributed by atoms with Crippen molar-refractivity contribution in [1.82, 2.24) is 19.9 Å². The average molecular weight is 336 g/mol. The smallest absolute Gasteiger partial charge is 0.224 e. The Morgan fingerprint density at radius 2 is 1.96 bits per heavy atom. The molecule has 5 nitrogen and oxygen atoms in total. The summed E-state index contributed by atoms with van der Waals surface area (Å²) in [6.07, 6.45) is 2.41. The van der Waals surface area contributed by atoms with Crippen molar-refractivity contribution < 1.29 is 4.79 Å². The molecule has 0 aliphatic heterocycles. The summed E-state index contributed by atoms with van der Waals surface area (Å²) in [6.45, 7) is 6.79. The number of hydrogen-bond acceptors (Lipinski definition) is 3. The monoisotopic (exact) mass is 336 g/mol. The fraction of sp³-hybridized carbons (Fsp3) is 0.350. The van der Waals surface area contributed by atoms with Crippen LogP contribution < -0.4 is 5.32 Å². The number of unbranched alkanes of at least 4 members (excludes halogenated alkanes) is 1. The molecule has 5 heteroatoms. The maximum absolute atomic E-state index is 12.2. The van der Waals surface area contributed by atoms with E-state index in [4.69, 9.17) is 0 Å². The summed E-state index contributed by atoms with van der Waals surface area (Å²) in [4.78, 5) is 16.8. The molecule has 130 valence electrons. The van der Waals surface area contributed by atoms with E-state index in [1.807, 2.05) is 54.8 Å². The first-order valence-corrected chi connectivity index (χ1v) is 8.78. The summed E-state index contributed by atoms with van der Waals surface area (Å²) in [6, 6.07) is 12.0. The Labute approximate surface area is 148 Å². The minimum absolute atomic E-state index is 0.0382. The maximum atomic E-state index is 12.2. The van der Waals surface area contributed by atoms with E-state index >= 15 is 0 Å². The number of rotatable bonds is 6. The fourth-order valence-corrected chi connectivity index (χ4v) is 2.96. The van der Waals surface area contributed by atoms with Crippen LogP contribution in [0.1, 0.15) is 36.7 Å². The fourth-order valence-electron chi connectivity index (χ4n) is 2.96. The Bertz CT molecular complexity index is 884. The number of nitrogens with zero attached hydrogens (tertiary/aromatic N) is 3. The van der Waals surface area contributed by atoms with E-state index in [0.717, 1.165) is 53.2 Å². The molecule has 1 amide bonds. The number of carbonyl (C=O) groups excluding carboxylic acids is 1. The minimum Gasteiger partial charge on any atom is -0.356 e. The van der Waals surface area contributed by atoms with Crippen LogP contribution in [0.25, 0.3) is 16.9 Å². The van der Waals surface area contributed by atoms with Crippen LogP contribution in [0.4, 0.5) is 0 Å². The van der Waals surface area contributed by atoms with Gasteiger partial charge in [-0.15, -0.1) is 0 Å². The van der Waals surface area contributed by atoms with Crippen LogP contribution in [0, 0.1) is 13.8 Å². The van der Waals surface area contributed by atoms with Gasteiger partial charge in [0.25, 0.3) is 0 Å². The molecule has 25 heavy (non-hydrogen) atoms. The van der Waals surface area contributed by atoms with Crippen LogP contribution in [0.5, 0.6) is 0 Å². The van der Waals surface area contributed by atoms with Gasteiger partial charge in [-0.25, -0.2) is 9.50 Å². The third-order valence-electron chi connectivity index (χ3n) is 4.42. The van der Waals surface area contributed by atoms with Crippen molar-refractivity contribution in [2.45, 2.75) is 40.0 Å². The molecule has 2 aromatic heterocycles. The SMILES string of the molecule is CCCCNC(=O)Cc1c(C)nc2cc(-c3ccccc3)nn2c1C. The number of amides is 1. The van der Waals surface area contributed by atoms with Crippen LogP contribution in [0.15, 0.2) is 36.4 Å². The molecule has 1 N–H and O–H groups in total. The Kier molecular flexibility index (Phi) is 5.12. The van der Waals surface area contributed by atoms with Crippen molar-refractivity contribution in [3.63, 3.8) is 0 Å². The van der Waals surface area contributed by atoms with Gasteiger partial charge < -0.3 is 5.32 Å². The zero-order valence-electron chi connectivity index (χ0n) is 15.0. The molecule has 3 rings (SSSR count). The van der Waals surface area contributed by atoms with Gasteiger partial charge in [-0.3, -0.25) is 4.79 Å². The number of fused-ring (bicyclic) bond motifs is 1. The molecule has 2 heterocycles. The van der Waals surface area contributed by atoms with Crippen molar-refractivity contribution >= 4 is 11.6 Å². The van der Waals surface area contributed by atoms with Gasteiger partial charge in [-0.05, 0) is 20.3 Å². The van der Waals surface area contributed by atoms with Crippen LogP contribution in [-0.2, 0) is 11.2 Å². The molecule has 0 atom stereocenters. The zero-order chi connectivity index (χ0) is 17.8. The number of aromatic nitrogens is 3. The minimum atomic E-state index is 0.0382. The normalized spacial score (nSPS) is 11.0. The molecular formula is C20H24N4O. The molecule has 0 spiro atoms. The van der Waals surface area contributed by atoms with Gasteiger partial charge >= 0.3 is 0 Å². The molecule has 0 saturated heterocycles. The number of carbonyl (C=O) groups is 1. The largest absolute Gasteiger partial charge is 0.356 e. The third kappa shape index (κ3) is 3.71. The van der Waals surface area contributed by atoms with Crippen molar-refractivity contribution in [1.29, 1.82) is 0 Å². The zero-order valence-corrected chi connectivity index (χ0v) is 15.0. The van der Waals surface area contributed by atoms with Crippen molar-refractivity contribution in [2.75, 3.05) is 6.54 Å². The molecule has 0 unspecified atom stereocenters. The van der Waals surface area contributed by atoms with E-state index in [1.165, 1.54) is 0 Å². The van der Waals surface area contributed by atoms with Crippen LogP contribution >= 0.6 is 0 Å². The average Bonchev–Trinajstić information content (AvgIpc) is 3.04. The van der Waals surface area contributed by atoms with E-state index in [9.17, 15) is 4.79 Å². The quantitative estimate of drug-likeness (QED) is 0.701. The highest BCUT2D eigenvalue weighted by atomic mass is 16.1. The first-order chi connectivity index (χ1) is 12.1. The molecule has 0 fully saturated rings. The lowest BCUT2D eigenvalue weighted by Gasteiger charge is -2.11. The first-order valence-electron chi connectivity index (χ1n) is 8.78. The van der Waals surface area contributed by atoms with Gasteiger partial charge in [-0.2, -0.15) is 5.10 Å². The molecule has 0 saturated carbocycles. The first kappa shape index (κ1) is 17.1. The Morgan fingerprint density at radius 1 is 1.20 bits per heavy atom. The van der Waals surface area contributed by atoms with Crippen molar-refractivity contribution in [3.8, 4) is 11.3 Å². The Hall–Kier alpha value is -2.69. The summed E-state index contributed by atoms with van der Waals surface area (Å²) < 4.78 is 1.84. The topological polar surface area (TPSA) is 59.3 Å². The Balaban J connectivity index is 1.91. The summed E-state index contributed by atoms with van der Waals surface area (Å²) in [7, 11) is 0. The summed E-state index contributed by atoms with van der Waals surface area (Å²) in [5.74, 6) is 0.0382. The van der Waals surface area contributed by atoms with Crippen LogP contribution in [0.2, 0.25) is 0 Å². The second-order valence-corrected chi connectivity index (χ2v) is 6.31. The summed E-state index contributed by atoms with van der Waals surface area (Å²) in [5.41, 5.74) is 5.56. The molecule has 0 bridgehead atoms. The van der Waals surface area contributed by atoms with E-state index in [2.05, 4.69) is 22.3 Å².